The summed E-state index contributed by atoms with van der Waals surface area (Å²) >= 11 is 1.53. The van der Waals surface area contributed by atoms with Gasteiger partial charge in [-0.1, -0.05) is 25.2 Å². The number of carbonyl (C=O) groups is 1. The molecule has 1 atom stereocenters. The molecule has 0 spiro atoms. The first-order valence-electron chi connectivity index (χ1n) is 6.77. The molecular formula is C13H20N6OS. The van der Waals surface area contributed by atoms with Gasteiger partial charge in [-0.3, -0.25) is 9.48 Å². The topological polar surface area (TPSA) is 84.7 Å². The lowest BCUT2D eigenvalue weighted by Gasteiger charge is -2.13. The van der Waals surface area contributed by atoms with Gasteiger partial charge in [-0.05, 0) is 7.05 Å². The third-order valence-corrected chi connectivity index (χ3v) is 4.22. The van der Waals surface area contributed by atoms with Crippen LogP contribution in [0.4, 0.5) is 0 Å². The number of rotatable bonds is 6. The average molecular weight is 308 g/mol. The zero-order valence-corrected chi connectivity index (χ0v) is 13.4. The molecule has 0 saturated carbocycles. The molecule has 1 unspecified atom stereocenters. The van der Waals surface area contributed by atoms with Crippen LogP contribution >= 0.6 is 11.3 Å². The minimum Gasteiger partial charge on any atom is -0.348 e. The van der Waals surface area contributed by atoms with Crippen molar-refractivity contribution in [3.05, 3.63) is 28.0 Å². The first-order valence-corrected chi connectivity index (χ1v) is 7.58. The third kappa shape index (κ3) is 3.85. The number of nitrogens with one attached hydrogen (secondary N) is 2. The van der Waals surface area contributed by atoms with Crippen molar-refractivity contribution >= 4 is 17.2 Å². The number of aryl methyl sites for hydroxylation is 1. The molecule has 2 rings (SSSR count). The summed E-state index contributed by atoms with van der Waals surface area (Å²) in [5.74, 6) is 0.249. The third-order valence-electron chi connectivity index (χ3n) is 3.00. The Balaban J connectivity index is 1.96. The van der Waals surface area contributed by atoms with Gasteiger partial charge in [0.25, 0.3) is 0 Å². The first kappa shape index (κ1) is 15.6. The largest absolute Gasteiger partial charge is 0.348 e. The molecule has 0 aromatic carbocycles. The van der Waals surface area contributed by atoms with Crippen LogP contribution in [0.1, 0.15) is 41.4 Å². The van der Waals surface area contributed by atoms with Gasteiger partial charge >= 0.3 is 0 Å². The van der Waals surface area contributed by atoms with Gasteiger partial charge in [-0.2, -0.15) is 5.10 Å². The summed E-state index contributed by atoms with van der Waals surface area (Å²) in [6, 6.07) is -0.420. The van der Waals surface area contributed by atoms with Crippen molar-refractivity contribution in [3.8, 4) is 0 Å². The lowest BCUT2D eigenvalue weighted by Crippen LogP contribution is -2.35. The lowest BCUT2D eigenvalue weighted by atomic mass is 10.1. The van der Waals surface area contributed by atoms with Crippen molar-refractivity contribution < 1.29 is 4.79 Å². The minimum atomic E-state index is -0.420. The van der Waals surface area contributed by atoms with Gasteiger partial charge in [0.2, 0.25) is 5.91 Å². The van der Waals surface area contributed by atoms with Crippen molar-refractivity contribution in [2.75, 3.05) is 7.05 Å². The SMILES string of the molecule is CNC(C(=O)NCc1nnc(C(C)C)s1)c1cnn(C)c1. The van der Waals surface area contributed by atoms with Gasteiger partial charge in [-0.15, -0.1) is 10.2 Å². The van der Waals surface area contributed by atoms with Crippen LogP contribution in [0.5, 0.6) is 0 Å². The Labute approximate surface area is 127 Å². The summed E-state index contributed by atoms with van der Waals surface area (Å²) < 4.78 is 1.67. The second kappa shape index (κ2) is 6.77. The molecule has 2 heterocycles. The summed E-state index contributed by atoms with van der Waals surface area (Å²) in [5, 5.41) is 20.0. The van der Waals surface area contributed by atoms with Crippen LogP contribution in [-0.4, -0.2) is 32.9 Å². The molecule has 2 aromatic heterocycles. The maximum Gasteiger partial charge on any atom is 0.242 e. The molecule has 0 fully saturated rings. The van der Waals surface area contributed by atoms with E-state index in [0.717, 1.165) is 15.6 Å². The number of carbonyl (C=O) groups excluding carboxylic acids is 1. The highest BCUT2D eigenvalue weighted by atomic mass is 32.1. The molecular weight excluding hydrogens is 288 g/mol. The van der Waals surface area contributed by atoms with Crippen LogP contribution in [0.15, 0.2) is 12.4 Å². The zero-order valence-electron chi connectivity index (χ0n) is 12.6. The Bertz CT molecular complexity index is 605. The molecule has 114 valence electrons. The normalized spacial score (nSPS) is 12.6. The molecule has 1 amide bonds. The van der Waals surface area contributed by atoms with Crippen LogP contribution in [-0.2, 0) is 18.4 Å². The summed E-state index contributed by atoms with van der Waals surface area (Å²) in [4.78, 5) is 12.2. The van der Waals surface area contributed by atoms with E-state index in [2.05, 4.69) is 39.8 Å². The molecule has 7 nitrogen and oxygen atoms in total. The summed E-state index contributed by atoms with van der Waals surface area (Å²) in [6.07, 6.45) is 3.51. The monoisotopic (exact) mass is 308 g/mol. The second-order valence-electron chi connectivity index (χ2n) is 5.08. The van der Waals surface area contributed by atoms with E-state index in [1.165, 1.54) is 11.3 Å². The summed E-state index contributed by atoms with van der Waals surface area (Å²) in [5.41, 5.74) is 0.831. The fraction of sp³-hybridized carbons (Fsp3) is 0.538. The van der Waals surface area contributed by atoms with Crippen molar-refractivity contribution in [1.29, 1.82) is 0 Å². The first-order chi connectivity index (χ1) is 10.0. The quantitative estimate of drug-likeness (QED) is 0.831. The number of likely N-dealkylation sites (N-methyl/N-ethyl adjacent to an activating group) is 1. The number of aromatic nitrogens is 4. The zero-order chi connectivity index (χ0) is 15.4. The standard InChI is InChI=1S/C13H20N6OS/c1-8(2)13-18-17-10(21-13)6-15-12(20)11(14-3)9-5-16-19(4)7-9/h5,7-8,11,14H,6H2,1-4H3,(H,15,20). The summed E-state index contributed by atoms with van der Waals surface area (Å²) in [7, 11) is 3.57. The van der Waals surface area contributed by atoms with E-state index >= 15 is 0 Å². The highest BCUT2D eigenvalue weighted by molar-refractivity contribution is 7.11. The van der Waals surface area contributed by atoms with Crippen LogP contribution in [0.2, 0.25) is 0 Å². The lowest BCUT2D eigenvalue weighted by molar-refractivity contribution is -0.123. The van der Waals surface area contributed by atoms with Gasteiger partial charge in [0.05, 0.1) is 12.7 Å². The highest BCUT2D eigenvalue weighted by Crippen LogP contribution is 2.19. The van der Waals surface area contributed by atoms with Gasteiger partial charge in [0, 0.05) is 24.7 Å². The van der Waals surface area contributed by atoms with Gasteiger partial charge in [0.1, 0.15) is 16.1 Å². The number of hydrogen-bond donors (Lipinski definition) is 2. The van der Waals surface area contributed by atoms with Gasteiger partial charge < -0.3 is 10.6 Å². The Morgan fingerprint density at radius 3 is 2.71 bits per heavy atom. The van der Waals surface area contributed by atoms with E-state index in [1.54, 1.807) is 17.9 Å². The van der Waals surface area contributed by atoms with Crippen molar-refractivity contribution in [3.63, 3.8) is 0 Å². The van der Waals surface area contributed by atoms with Gasteiger partial charge in [0.15, 0.2) is 0 Å². The maximum absolute atomic E-state index is 12.2. The molecule has 0 aliphatic rings. The predicted molar refractivity (Wildman–Crippen MR) is 80.9 cm³/mol. The number of hydrogen-bond acceptors (Lipinski definition) is 6. The van der Waals surface area contributed by atoms with E-state index in [9.17, 15) is 4.79 Å². The predicted octanol–water partition coefficient (Wildman–Crippen LogP) is 0.972. The fourth-order valence-corrected chi connectivity index (χ4v) is 2.66. The Morgan fingerprint density at radius 1 is 1.43 bits per heavy atom. The van der Waals surface area contributed by atoms with Crippen LogP contribution in [0.25, 0.3) is 0 Å². The number of nitrogens with zero attached hydrogens (tertiary/aromatic N) is 4. The molecule has 8 heteroatoms. The van der Waals surface area contributed by atoms with E-state index in [0.29, 0.717) is 12.5 Å². The second-order valence-corrected chi connectivity index (χ2v) is 6.17. The van der Waals surface area contributed by atoms with E-state index in [4.69, 9.17) is 0 Å². The molecule has 0 aliphatic heterocycles. The molecule has 21 heavy (non-hydrogen) atoms. The molecule has 2 aromatic rings. The Hall–Kier alpha value is -1.80. The Morgan fingerprint density at radius 2 is 2.19 bits per heavy atom. The van der Waals surface area contributed by atoms with E-state index in [-0.39, 0.29) is 5.91 Å². The van der Waals surface area contributed by atoms with Crippen molar-refractivity contribution in [1.82, 2.24) is 30.6 Å². The van der Waals surface area contributed by atoms with E-state index < -0.39 is 6.04 Å². The molecule has 0 saturated heterocycles. The molecule has 0 radical (unpaired) electrons. The molecule has 0 bridgehead atoms. The maximum atomic E-state index is 12.2. The van der Waals surface area contributed by atoms with Crippen LogP contribution < -0.4 is 10.6 Å². The Kier molecular flexibility index (Phi) is 5.03. The van der Waals surface area contributed by atoms with Gasteiger partial charge in [-0.25, -0.2) is 0 Å². The van der Waals surface area contributed by atoms with Crippen LogP contribution in [0, 0.1) is 0 Å². The van der Waals surface area contributed by atoms with Crippen molar-refractivity contribution in [2.45, 2.75) is 32.4 Å². The average Bonchev–Trinajstić information content (AvgIpc) is 3.06. The fourth-order valence-electron chi connectivity index (χ4n) is 1.87. The van der Waals surface area contributed by atoms with E-state index in [1.807, 2.05) is 13.2 Å². The number of amides is 1. The highest BCUT2D eigenvalue weighted by Gasteiger charge is 2.20. The smallest absolute Gasteiger partial charge is 0.242 e. The molecule has 0 aliphatic carbocycles. The summed E-state index contributed by atoms with van der Waals surface area (Å²) in [6.45, 7) is 4.53. The molecule has 2 N–H and O–H groups in total. The minimum absolute atomic E-state index is 0.105. The van der Waals surface area contributed by atoms with Crippen molar-refractivity contribution in [2.24, 2.45) is 7.05 Å². The van der Waals surface area contributed by atoms with Crippen LogP contribution in [0.3, 0.4) is 0 Å².